The fourth-order valence-electron chi connectivity index (χ4n) is 3.47. The first kappa shape index (κ1) is 21.8. The van der Waals surface area contributed by atoms with Crippen LogP contribution in [0.2, 0.25) is 0 Å². The van der Waals surface area contributed by atoms with Gasteiger partial charge in [0.2, 0.25) is 5.89 Å². The summed E-state index contributed by atoms with van der Waals surface area (Å²) in [5, 5.41) is 14.0. The molecule has 3 heterocycles. The van der Waals surface area contributed by atoms with Crippen molar-refractivity contribution in [3.05, 3.63) is 29.2 Å². The summed E-state index contributed by atoms with van der Waals surface area (Å²) in [5.41, 5.74) is 1.12. The number of hydrogen-bond acceptors (Lipinski definition) is 6. The standard InChI is InChI=1S/C20H31N7O3/c1-12(16-23-18(25-30-16)20(2,3)4)22-19(29)27-9-7-8-13(11-27)15-14(10-21-24-15)17(28)26(5)6/h10,12-13H,7-9,11H2,1-6H3,(H,21,24)(H,22,29)/t12-,13+/m0/s1. The molecule has 0 radical (unpaired) electrons. The smallest absolute Gasteiger partial charge is 0.318 e. The Morgan fingerprint density at radius 1 is 1.37 bits per heavy atom. The maximum absolute atomic E-state index is 12.9. The number of carbonyl (C=O) groups is 2. The summed E-state index contributed by atoms with van der Waals surface area (Å²) < 4.78 is 5.34. The van der Waals surface area contributed by atoms with Crippen molar-refractivity contribution in [3.8, 4) is 0 Å². The summed E-state index contributed by atoms with van der Waals surface area (Å²) in [6, 6.07) is -0.595. The molecule has 10 nitrogen and oxygen atoms in total. The topological polar surface area (TPSA) is 120 Å². The van der Waals surface area contributed by atoms with Crippen LogP contribution in [-0.2, 0) is 5.41 Å². The normalized spacial score (nSPS) is 18.2. The van der Waals surface area contributed by atoms with Crippen molar-refractivity contribution >= 4 is 11.9 Å². The fourth-order valence-corrected chi connectivity index (χ4v) is 3.47. The van der Waals surface area contributed by atoms with E-state index in [4.69, 9.17) is 4.52 Å². The SMILES string of the molecule is C[C@H](NC(=O)N1CCC[C@@H](c2[nH]ncc2C(=O)N(C)C)C1)c1nc(C(C)(C)C)no1. The van der Waals surface area contributed by atoms with Gasteiger partial charge in [-0.3, -0.25) is 9.89 Å². The van der Waals surface area contributed by atoms with Crippen LogP contribution in [0.3, 0.4) is 0 Å². The van der Waals surface area contributed by atoms with Gasteiger partial charge < -0.3 is 19.6 Å². The number of rotatable bonds is 4. The largest absolute Gasteiger partial charge is 0.345 e. The summed E-state index contributed by atoms with van der Waals surface area (Å²) in [6.45, 7) is 8.99. The minimum absolute atomic E-state index is 0.0251. The van der Waals surface area contributed by atoms with Crippen LogP contribution in [0.25, 0.3) is 0 Å². The maximum Gasteiger partial charge on any atom is 0.318 e. The van der Waals surface area contributed by atoms with Crippen molar-refractivity contribution in [2.24, 2.45) is 0 Å². The summed E-state index contributed by atoms with van der Waals surface area (Å²) in [5.74, 6) is 0.917. The van der Waals surface area contributed by atoms with E-state index in [9.17, 15) is 9.59 Å². The highest BCUT2D eigenvalue weighted by Gasteiger charge is 2.31. The first-order valence-corrected chi connectivity index (χ1v) is 10.2. The van der Waals surface area contributed by atoms with E-state index in [1.807, 2.05) is 27.7 Å². The molecule has 1 saturated heterocycles. The molecular weight excluding hydrogens is 386 g/mol. The van der Waals surface area contributed by atoms with Crippen LogP contribution in [-0.4, -0.2) is 69.3 Å². The van der Waals surface area contributed by atoms with Crippen molar-refractivity contribution < 1.29 is 14.1 Å². The van der Waals surface area contributed by atoms with Gasteiger partial charge in [-0.15, -0.1) is 0 Å². The van der Waals surface area contributed by atoms with E-state index >= 15 is 0 Å². The minimum atomic E-state index is -0.403. The maximum atomic E-state index is 12.9. The van der Waals surface area contributed by atoms with Crippen molar-refractivity contribution in [2.75, 3.05) is 27.2 Å². The third kappa shape index (κ3) is 4.63. The molecule has 30 heavy (non-hydrogen) atoms. The van der Waals surface area contributed by atoms with E-state index < -0.39 is 6.04 Å². The van der Waals surface area contributed by atoms with Gasteiger partial charge in [-0.1, -0.05) is 25.9 Å². The van der Waals surface area contributed by atoms with Gasteiger partial charge in [-0.2, -0.15) is 10.1 Å². The Balaban J connectivity index is 1.66. The number of nitrogens with one attached hydrogen (secondary N) is 2. The van der Waals surface area contributed by atoms with E-state index in [1.54, 1.807) is 25.2 Å². The van der Waals surface area contributed by atoms with Crippen LogP contribution < -0.4 is 5.32 Å². The number of piperidine rings is 1. The number of H-pyrrole nitrogens is 1. The van der Waals surface area contributed by atoms with Gasteiger partial charge in [-0.05, 0) is 19.8 Å². The highest BCUT2D eigenvalue weighted by molar-refractivity contribution is 5.95. The molecule has 0 aromatic carbocycles. The molecule has 1 aliphatic rings. The second kappa shape index (κ2) is 8.45. The number of amides is 3. The summed E-state index contributed by atoms with van der Waals surface area (Å²) in [7, 11) is 3.42. The van der Waals surface area contributed by atoms with Crippen LogP contribution >= 0.6 is 0 Å². The molecule has 2 aromatic heterocycles. The van der Waals surface area contributed by atoms with Crippen molar-refractivity contribution in [1.29, 1.82) is 0 Å². The Hall–Kier alpha value is -2.91. The number of aromatic nitrogens is 4. The van der Waals surface area contributed by atoms with Gasteiger partial charge >= 0.3 is 6.03 Å². The highest BCUT2D eigenvalue weighted by Crippen LogP contribution is 2.28. The molecule has 1 aliphatic heterocycles. The second-order valence-corrected chi connectivity index (χ2v) is 9.06. The zero-order valence-electron chi connectivity index (χ0n) is 18.5. The van der Waals surface area contributed by atoms with Crippen LogP contribution in [0.5, 0.6) is 0 Å². The lowest BCUT2D eigenvalue weighted by Crippen LogP contribution is -2.46. The molecule has 2 N–H and O–H groups in total. The van der Waals surface area contributed by atoms with Gasteiger partial charge in [0.1, 0.15) is 6.04 Å². The fraction of sp³-hybridized carbons (Fsp3) is 0.650. The lowest BCUT2D eigenvalue weighted by atomic mass is 9.92. The summed E-state index contributed by atoms with van der Waals surface area (Å²) in [4.78, 5) is 33.0. The average Bonchev–Trinajstić information content (AvgIpc) is 3.36. The first-order valence-electron chi connectivity index (χ1n) is 10.2. The Morgan fingerprint density at radius 3 is 2.73 bits per heavy atom. The van der Waals surface area contributed by atoms with E-state index in [0.717, 1.165) is 18.5 Å². The number of hydrogen-bond donors (Lipinski definition) is 2. The van der Waals surface area contributed by atoms with E-state index in [0.29, 0.717) is 30.4 Å². The Labute approximate surface area is 176 Å². The van der Waals surface area contributed by atoms with Gasteiger partial charge in [0.05, 0.1) is 17.5 Å². The van der Waals surface area contributed by atoms with E-state index in [2.05, 4.69) is 25.7 Å². The second-order valence-electron chi connectivity index (χ2n) is 9.06. The number of nitrogens with zero attached hydrogens (tertiary/aromatic N) is 5. The lowest BCUT2D eigenvalue weighted by Gasteiger charge is -2.33. The Kier molecular flexibility index (Phi) is 6.14. The predicted molar refractivity (Wildman–Crippen MR) is 110 cm³/mol. The zero-order valence-corrected chi connectivity index (χ0v) is 18.5. The minimum Gasteiger partial charge on any atom is -0.345 e. The van der Waals surface area contributed by atoms with Gasteiger partial charge in [-0.25, -0.2) is 4.79 Å². The van der Waals surface area contributed by atoms with Crippen LogP contribution in [0.4, 0.5) is 4.79 Å². The average molecular weight is 418 g/mol. The third-order valence-corrected chi connectivity index (χ3v) is 5.25. The van der Waals surface area contributed by atoms with Crippen LogP contribution in [0.1, 0.15) is 80.3 Å². The van der Waals surface area contributed by atoms with Crippen molar-refractivity contribution in [3.63, 3.8) is 0 Å². The molecule has 1 fully saturated rings. The van der Waals surface area contributed by atoms with Gasteiger partial charge in [0.15, 0.2) is 5.82 Å². The number of carbonyl (C=O) groups excluding carboxylic acids is 2. The van der Waals surface area contributed by atoms with Crippen molar-refractivity contribution in [2.45, 2.75) is 57.9 Å². The van der Waals surface area contributed by atoms with Crippen LogP contribution in [0, 0.1) is 0 Å². The number of urea groups is 1. The van der Waals surface area contributed by atoms with Crippen molar-refractivity contribution in [1.82, 2.24) is 35.5 Å². The zero-order chi connectivity index (χ0) is 22.1. The molecule has 0 unspecified atom stereocenters. The summed E-state index contributed by atoms with van der Waals surface area (Å²) >= 11 is 0. The molecule has 3 rings (SSSR count). The molecular formula is C20H31N7O3. The van der Waals surface area contributed by atoms with E-state index in [1.165, 1.54) is 4.90 Å². The van der Waals surface area contributed by atoms with E-state index in [-0.39, 0.29) is 23.3 Å². The Bertz CT molecular complexity index is 896. The molecule has 3 amide bonds. The molecule has 0 bridgehead atoms. The number of likely N-dealkylation sites (tertiary alicyclic amines) is 1. The highest BCUT2D eigenvalue weighted by atomic mass is 16.5. The molecule has 164 valence electrons. The summed E-state index contributed by atoms with van der Waals surface area (Å²) in [6.07, 6.45) is 3.28. The number of aromatic amines is 1. The van der Waals surface area contributed by atoms with Crippen LogP contribution in [0.15, 0.2) is 10.7 Å². The van der Waals surface area contributed by atoms with Gasteiger partial charge in [0.25, 0.3) is 5.91 Å². The predicted octanol–water partition coefficient (Wildman–Crippen LogP) is 2.44. The third-order valence-electron chi connectivity index (χ3n) is 5.25. The first-order chi connectivity index (χ1) is 14.1. The molecule has 2 atom stereocenters. The molecule has 2 aromatic rings. The molecule has 0 saturated carbocycles. The monoisotopic (exact) mass is 417 g/mol. The molecule has 0 aliphatic carbocycles. The lowest BCUT2D eigenvalue weighted by molar-refractivity contribution is 0.0825. The Morgan fingerprint density at radius 2 is 2.10 bits per heavy atom. The molecule has 0 spiro atoms. The molecule has 10 heteroatoms. The van der Waals surface area contributed by atoms with Gasteiger partial charge in [0, 0.05) is 38.5 Å². The quantitative estimate of drug-likeness (QED) is 0.788.